The molecule has 2 aromatic rings. The summed E-state index contributed by atoms with van der Waals surface area (Å²) in [6, 6.07) is 14.0. The van der Waals surface area contributed by atoms with E-state index in [0.29, 0.717) is 16.9 Å². The second-order valence-corrected chi connectivity index (χ2v) is 4.09. The summed E-state index contributed by atoms with van der Waals surface area (Å²) in [4.78, 5) is 10.8. The lowest BCUT2D eigenvalue weighted by Crippen LogP contribution is -2.06. The Labute approximate surface area is 110 Å². The van der Waals surface area contributed by atoms with Crippen LogP contribution in [-0.2, 0) is 17.8 Å². The van der Waals surface area contributed by atoms with Crippen molar-refractivity contribution in [1.82, 2.24) is 0 Å². The normalized spacial score (nSPS) is 10.1. The molecule has 0 unspecified atom stereocenters. The van der Waals surface area contributed by atoms with E-state index in [2.05, 4.69) is 0 Å². The molecule has 0 aliphatic carbocycles. The molecule has 2 aromatic carbocycles. The zero-order chi connectivity index (χ0) is 13.7. The van der Waals surface area contributed by atoms with E-state index in [1.807, 2.05) is 18.2 Å². The van der Waals surface area contributed by atoms with Crippen molar-refractivity contribution in [2.24, 2.45) is 0 Å². The first-order chi connectivity index (χ1) is 9.16. The van der Waals surface area contributed by atoms with Gasteiger partial charge in [-0.15, -0.1) is 0 Å². The second-order valence-electron chi connectivity index (χ2n) is 4.09. The lowest BCUT2D eigenvalue weighted by molar-refractivity contribution is -0.136. The molecule has 2 N–H and O–H groups in total. The van der Waals surface area contributed by atoms with Gasteiger partial charge >= 0.3 is 5.97 Å². The van der Waals surface area contributed by atoms with Gasteiger partial charge in [0, 0.05) is 5.56 Å². The monoisotopic (exact) mass is 258 g/mol. The number of aliphatic carboxylic acids is 1. The highest BCUT2D eigenvalue weighted by Crippen LogP contribution is 2.23. The predicted molar refractivity (Wildman–Crippen MR) is 70.2 cm³/mol. The van der Waals surface area contributed by atoms with E-state index in [1.54, 1.807) is 24.3 Å². The van der Waals surface area contributed by atoms with Crippen LogP contribution in [0.15, 0.2) is 48.5 Å². The average molecular weight is 258 g/mol. The molecule has 0 aliphatic heterocycles. The van der Waals surface area contributed by atoms with Gasteiger partial charge in [0.15, 0.2) is 0 Å². The van der Waals surface area contributed by atoms with Gasteiger partial charge in [0.2, 0.25) is 0 Å². The van der Waals surface area contributed by atoms with E-state index in [1.165, 1.54) is 6.07 Å². The van der Waals surface area contributed by atoms with Gasteiger partial charge in [0.05, 0.1) is 6.42 Å². The van der Waals surface area contributed by atoms with Crippen LogP contribution in [0.1, 0.15) is 11.1 Å². The van der Waals surface area contributed by atoms with Gasteiger partial charge in [-0.2, -0.15) is 0 Å². The van der Waals surface area contributed by atoms with Gasteiger partial charge in [0.25, 0.3) is 0 Å². The number of para-hydroxylation sites is 1. The van der Waals surface area contributed by atoms with Crippen LogP contribution in [0.3, 0.4) is 0 Å². The van der Waals surface area contributed by atoms with E-state index in [0.717, 1.165) is 0 Å². The first kappa shape index (κ1) is 13.0. The van der Waals surface area contributed by atoms with Gasteiger partial charge in [-0.25, -0.2) is 0 Å². The van der Waals surface area contributed by atoms with Crippen molar-refractivity contribution in [3.63, 3.8) is 0 Å². The van der Waals surface area contributed by atoms with E-state index in [-0.39, 0.29) is 18.8 Å². The highest BCUT2D eigenvalue weighted by atomic mass is 16.5. The van der Waals surface area contributed by atoms with Crippen molar-refractivity contribution in [2.45, 2.75) is 13.0 Å². The summed E-state index contributed by atoms with van der Waals surface area (Å²) < 4.78 is 5.54. The Balaban J connectivity index is 2.17. The maximum absolute atomic E-state index is 10.8. The quantitative estimate of drug-likeness (QED) is 0.865. The van der Waals surface area contributed by atoms with Crippen molar-refractivity contribution >= 4 is 5.97 Å². The van der Waals surface area contributed by atoms with Crippen LogP contribution < -0.4 is 4.74 Å². The molecule has 0 bridgehead atoms. The molecule has 19 heavy (non-hydrogen) atoms. The Bertz CT molecular complexity index is 564. The Morgan fingerprint density at radius 3 is 2.47 bits per heavy atom. The maximum atomic E-state index is 10.8. The fourth-order valence-electron chi connectivity index (χ4n) is 1.79. The molecule has 4 nitrogen and oxygen atoms in total. The summed E-state index contributed by atoms with van der Waals surface area (Å²) in [7, 11) is 0. The molecule has 0 saturated heterocycles. The lowest BCUT2D eigenvalue weighted by atomic mass is 10.0. The van der Waals surface area contributed by atoms with Crippen molar-refractivity contribution in [2.75, 3.05) is 0 Å². The van der Waals surface area contributed by atoms with Crippen molar-refractivity contribution < 1.29 is 19.7 Å². The number of rotatable bonds is 5. The first-order valence-corrected chi connectivity index (χ1v) is 5.86. The fraction of sp³-hybridized carbons (Fsp3) is 0.133. The summed E-state index contributed by atoms with van der Waals surface area (Å²) in [6.45, 7) is 0.138. The second kappa shape index (κ2) is 5.91. The third kappa shape index (κ3) is 3.48. The largest absolute Gasteiger partial charge is 0.508 e. The van der Waals surface area contributed by atoms with Crippen LogP contribution in [0.4, 0.5) is 0 Å². The number of benzene rings is 2. The minimum absolute atomic E-state index is 0.0506. The van der Waals surface area contributed by atoms with Crippen LogP contribution in [0.2, 0.25) is 0 Å². The SMILES string of the molecule is O=C(O)Cc1cccc(O)c1COc1ccccc1. The van der Waals surface area contributed by atoms with Crippen molar-refractivity contribution in [3.8, 4) is 11.5 Å². The number of carbonyl (C=O) groups is 1. The minimum Gasteiger partial charge on any atom is -0.508 e. The molecule has 0 radical (unpaired) electrons. The number of hydrogen-bond acceptors (Lipinski definition) is 3. The lowest BCUT2D eigenvalue weighted by Gasteiger charge is -2.11. The van der Waals surface area contributed by atoms with Crippen molar-refractivity contribution in [3.05, 3.63) is 59.7 Å². The molecule has 0 saturated carbocycles. The Morgan fingerprint density at radius 2 is 1.79 bits per heavy atom. The highest BCUT2D eigenvalue weighted by Gasteiger charge is 2.11. The number of aromatic hydroxyl groups is 1. The third-order valence-corrected chi connectivity index (χ3v) is 2.72. The molecule has 0 fully saturated rings. The van der Waals surface area contributed by atoms with E-state index in [4.69, 9.17) is 9.84 Å². The molecule has 4 heteroatoms. The molecule has 0 aliphatic rings. The van der Waals surface area contributed by atoms with Gasteiger partial charge in [-0.3, -0.25) is 4.79 Å². The fourth-order valence-corrected chi connectivity index (χ4v) is 1.79. The number of hydrogen-bond donors (Lipinski definition) is 2. The first-order valence-electron chi connectivity index (χ1n) is 5.86. The zero-order valence-electron chi connectivity index (χ0n) is 10.2. The molecular formula is C15H14O4. The molecular weight excluding hydrogens is 244 g/mol. The zero-order valence-corrected chi connectivity index (χ0v) is 10.2. The van der Waals surface area contributed by atoms with E-state index >= 15 is 0 Å². The Morgan fingerprint density at radius 1 is 1.05 bits per heavy atom. The van der Waals surface area contributed by atoms with Gasteiger partial charge in [-0.05, 0) is 23.8 Å². The van der Waals surface area contributed by atoms with E-state index < -0.39 is 5.97 Å². The molecule has 0 spiro atoms. The van der Waals surface area contributed by atoms with Crippen LogP contribution in [0.5, 0.6) is 11.5 Å². The number of carboxylic acids is 1. The number of carboxylic acid groups (broad SMARTS) is 1. The van der Waals surface area contributed by atoms with Crippen LogP contribution in [0.25, 0.3) is 0 Å². The standard InChI is InChI=1S/C15H14O4/c16-14-8-4-5-11(9-15(17)18)13(14)10-19-12-6-2-1-3-7-12/h1-8,16H,9-10H2,(H,17,18). The van der Waals surface area contributed by atoms with E-state index in [9.17, 15) is 9.90 Å². The van der Waals surface area contributed by atoms with Crippen LogP contribution in [0, 0.1) is 0 Å². The van der Waals surface area contributed by atoms with Gasteiger partial charge < -0.3 is 14.9 Å². The van der Waals surface area contributed by atoms with Crippen LogP contribution in [-0.4, -0.2) is 16.2 Å². The molecule has 0 amide bonds. The smallest absolute Gasteiger partial charge is 0.307 e. The number of phenolic OH excluding ortho intramolecular Hbond substituents is 1. The summed E-state index contributed by atoms with van der Waals surface area (Å²) in [6.07, 6.45) is -0.137. The summed E-state index contributed by atoms with van der Waals surface area (Å²) in [5, 5.41) is 18.7. The summed E-state index contributed by atoms with van der Waals surface area (Å²) >= 11 is 0. The van der Waals surface area contributed by atoms with Gasteiger partial charge in [-0.1, -0.05) is 30.3 Å². The Hall–Kier alpha value is -2.49. The highest BCUT2D eigenvalue weighted by molar-refractivity contribution is 5.71. The molecule has 0 atom stereocenters. The Kier molecular flexibility index (Phi) is 4.03. The van der Waals surface area contributed by atoms with Gasteiger partial charge in [0.1, 0.15) is 18.1 Å². The van der Waals surface area contributed by atoms with Crippen molar-refractivity contribution in [1.29, 1.82) is 0 Å². The molecule has 0 heterocycles. The minimum atomic E-state index is -0.938. The molecule has 0 aromatic heterocycles. The predicted octanol–water partition coefficient (Wildman–Crippen LogP) is 2.60. The maximum Gasteiger partial charge on any atom is 0.307 e. The third-order valence-electron chi connectivity index (χ3n) is 2.72. The molecule has 2 rings (SSSR count). The molecule has 98 valence electrons. The number of ether oxygens (including phenoxy) is 1. The van der Waals surface area contributed by atoms with Crippen LogP contribution >= 0.6 is 0 Å². The summed E-state index contributed by atoms with van der Waals surface area (Å²) in [5.74, 6) is -0.215. The topological polar surface area (TPSA) is 66.8 Å². The summed E-state index contributed by atoms with van der Waals surface area (Å²) in [5.41, 5.74) is 1.07. The number of phenols is 1. The average Bonchev–Trinajstić information content (AvgIpc) is 2.38.